The first-order valence-corrected chi connectivity index (χ1v) is 23.8. The summed E-state index contributed by atoms with van der Waals surface area (Å²) in [6.45, 7) is 0. The topological polar surface area (TPSA) is 12.9 Å². The van der Waals surface area contributed by atoms with Gasteiger partial charge >= 0.3 is 0 Å². The highest BCUT2D eigenvalue weighted by Gasteiger charge is 2.48. The minimum Gasteiger partial charge on any atom is -0.248 e. The number of hydrogen-bond donors (Lipinski definition) is 0. The molecule has 0 fully saturated rings. The summed E-state index contributed by atoms with van der Waals surface area (Å²) < 4.78 is 0. The smallest absolute Gasteiger partial charge is 0.180 e. The van der Waals surface area contributed by atoms with Gasteiger partial charge in [0.2, 0.25) is 0 Å². The van der Waals surface area contributed by atoms with Crippen molar-refractivity contribution in [2.45, 2.75) is 0 Å². The lowest BCUT2D eigenvalue weighted by Crippen LogP contribution is -2.72. The summed E-state index contributed by atoms with van der Waals surface area (Å²) in [6.07, 6.45) is 0. The Hall–Kier alpha value is -7.91. The van der Waals surface area contributed by atoms with E-state index in [1.165, 1.54) is 81.2 Å². The van der Waals surface area contributed by atoms with E-state index in [2.05, 4.69) is 249 Å². The summed E-state index contributed by atoms with van der Waals surface area (Å²) in [5.74, 6) is 0. The van der Waals surface area contributed by atoms with Gasteiger partial charge in [0.1, 0.15) is 0 Å². The van der Waals surface area contributed by atoms with Gasteiger partial charge in [0, 0.05) is 11.1 Å². The Morgan fingerprint density at radius 3 is 1.27 bits per heavy atom. The molecule has 0 unspecified atom stereocenters. The monoisotopic (exact) mass is 815 g/mol. The maximum atomic E-state index is 5.55. The molecule has 0 atom stereocenters. The molecule has 0 saturated heterocycles. The molecule has 0 radical (unpaired) electrons. The van der Waals surface area contributed by atoms with Crippen molar-refractivity contribution in [2.24, 2.45) is 0 Å². The normalized spacial score (nSPS) is 12.6. The molecule has 0 bridgehead atoms. The first kappa shape index (κ1) is 36.9. The highest BCUT2D eigenvalue weighted by Crippen LogP contribution is 2.46. The van der Waals surface area contributed by atoms with E-state index in [1.54, 1.807) is 0 Å². The fourth-order valence-electron chi connectivity index (χ4n) is 10.5. The van der Waals surface area contributed by atoms with E-state index in [9.17, 15) is 0 Å². The van der Waals surface area contributed by atoms with Crippen molar-refractivity contribution in [3.63, 3.8) is 0 Å². The Labute approximate surface area is 369 Å². The minimum atomic E-state index is -2.61. The molecular weight excluding hydrogens is 775 g/mol. The first-order chi connectivity index (χ1) is 31.3. The van der Waals surface area contributed by atoms with Crippen molar-refractivity contribution in [1.82, 2.24) is 4.98 Å². The number of pyridine rings is 1. The summed E-state index contributed by atoms with van der Waals surface area (Å²) in [7, 11) is -2.61. The average Bonchev–Trinajstić information content (AvgIpc) is 3.67. The fraction of sp³-hybridized carbons (Fsp3) is 0. The predicted octanol–water partition coefficient (Wildman–Crippen LogP) is 13.1. The third kappa shape index (κ3) is 5.95. The molecular formula is C61H41NSi. The van der Waals surface area contributed by atoms with Crippen molar-refractivity contribution in [3.8, 4) is 67.0 Å². The van der Waals surface area contributed by atoms with Gasteiger partial charge in [0.05, 0.1) is 11.4 Å². The van der Waals surface area contributed by atoms with Gasteiger partial charge in [-0.1, -0.05) is 231 Å². The molecule has 63 heavy (non-hydrogen) atoms. The van der Waals surface area contributed by atoms with E-state index in [4.69, 9.17) is 4.98 Å². The molecule has 1 aromatic heterocycles. The van der Waals surface area contributed by atoms with Gasteiger partial charge in [0.15, 0.2) is 8.07 Å². The molecule has 11 aromatic rings. The number of hydrogen-bond acceptors (Lipinski definition) is 1. The van der Waals surface area contributed by atoms with Crippen LogP contribution in [-0.2, 0) is 0 Å². The lowest BCUT2D eigenvalue weighted by atomic mass is 9.85. The summed E-state index contributed by atoms with van der Waals surface area (Å²) in [4.78, 5) is 5.55. The molecule has 0 spiro atoms. The van der Waals surface area contributed by atoms with Gasteiger partial charge in [-0.05, 0) is 105 Å². The highest BCUT2D eigenvalue weighted by molar-refractivity contribution is 7.22. The Morgan fingerprint density at radius 1 is 0.254 bits per heavy atom. The Kier molecular flexibility index (Phi) is 8.91. The van der Waals surface area contributed by atoms with Gasteiger partial charge in [-0.2, -0.15) is 0 Å². The molecule has 0 N–H and O–H groups in total. The number of benzene rings is 10. The lowest BCUT2D eigenvalue weighted by Gasteiger charge is -2.31. The second kappa shape index (κ2) is 15.2. The fourth-order valence-corrected chi connectivity index (χ4v) is 15.7. The van der Waals surface area contributed by atoms with E-state index >= 15 is 0 Å². The number of aromatic nitrogens is 1. The summed E-state index contributed by atoms with van der Waals surface area (Å²) in [5.41, 5.74) is 14.0. The van der Waals surface area contributed by atoms with Crippen LogP contribution in [0.3, 0.4) is 0 Å². The largest absolute Gasteiger partial charge is 0.248 e. The molecule has 1 nitrogen and oxygen atoms in total. The zero-order chi connectivity index (χ0) is 41.7. The van der Waals surface area contributed by atoms with Crippen LogP contribution in [0.4, 0.5) is 0 Å². The Bertz CT molecular complexity index is 3390. The van der Waals surface area contributed by atoms with E-state index in [0.717, 1.165) is 28.1 Å². The SMILES string of the molecule is c1ccc(-c2cc(-c3ccccc3-c3ccccc3)cc(-c3c4ccccc4c(-c4ccc5c(c4)-c4ccccc4[Si]5(c4ccccc4)c4ccccc4)c4ccccc34)n2)cc1. The van der Waals surface area contributed by atoms with Gasteiger partial charge in [-0.25, -0.2) is 4.98 Å². The molecule has 0 amide bonds. The third-order valence-electron chi connectivity index (χ3n) is 13.2. The third-order valence-corrected chi connectivity index (χ3v) is 18.0. The molecule has 12 rings (SSSR count). The standard InChI is InChI=1S/C61H41NSi/c1-5-21-42(22-6-1)48-29-13-14-30-49(48)45-40-56(43-23-7-2-8-24-43)62-57(41-45)61-53-34-17-15-32-51(53)60(52-33-16-18-35-54(52)61)44-37-38-59-55(39-44)50-31-19-20-36-58(50)63(59,46-25-9-3-10-26-46)47-27-11-4-12-28-47/h1-41H. The summed E-state index contributed by atoms with van der Waals surface area (Å²) >= 11 is 0. The van der Waals surface area contributed by atoms with Crippen LogP contribution in [0.2, 0.25) is 0 Å². The Morgan fingerprint density at radius 2 is 0.683 bits per heavy atom. The minimum absolute atomic E-state index is 0.949. The van der Waals surface area contributed by atoms with Gasteiger partial charge in [-0.3, -0.25) is 0 Å². The Balaban J connectivity index is 1.11. The van der Waals surface area contributed by atoms with Crippen molar-refractivity contribution < 1.29 is 0 Å². The van der Waals surface area contributed by atoms with Crippen LogP contribution in [-0.4, -0.2) is 13.1 Å². The number of fused-ring (bicyclic) bond motifs is 5. The van der Waals surface area contributed by atoms with Crippen molar-refractivity contribution in [3.05, 3.63) is 249 Å². The van der Waals surface area contributed by atoms with Crippen molar-refractivity contribution in [2.75, 3.05) is 0 Å². The summed E-state index contributed by atoms with van der Waals surface area (Å²) in [5, 5.41) is 10.5. The van der Waals surface area contributed by atoms with Gasteiger partial charge in [-0.15, -0.1) is 0 Å². The summed E-state index contributed by atoms with van der Waals surface area (Å²) in [6, 6.07) is 91.6. The van der Waals surface area contributed by atoms with Crippen LogP contribution in [0, 0.1) is 0 Å². The van der Waals surface area contributed by atoms with Crippen LogP contribution >= 0.6 is 0 Å². The van der Waals surface area contributed by atoms with E-state index in [0.29, 0.717) is 0 Å². The van der Waals surface area contributed by atoms with E-state index in [-0.39, 0.29) is 0 Å². The molecule has 1 aliphatic heterocycles. The maximum Gasteiger partial charge on any atom is 0.180 e. The zero-order valence-corrected chi connectivity index (χ0v) is 35.6. The molecule has 1 aliphatic rings. The van der Waals surface area contributed by atoms with Crippen molar-refractivity contribution in [1.29, 1.82) is 0 Å². The number of rotatable bonds is 7. The highest BCUT2D eigenvalue weighted by atomic mass is 28.3. The quantitative estimate of drug-likeness (QED) is 0.115. The van der Waals surface area contributed by atoms with Crippen LogP contribution < -0.4 is 20.7 Å². The molecule has 10 aromatic carbocycles. The second-order valence-corrected chi connectivity index (χ2v) is 20.3. The van der Waals surface area contributed by atoms with Crippen molar-refractivity contribution >= 4 is 50.4 Å². The zero-order valence-electron chi connectivity index (χ0n) is 34.6. The first-order valence-electron chi connectivity index (χ1n) is 21.8. The molecule has 2 heteroatoms. The van der Waals surface area contributed by atoms with Gasteiger partial charge < -0.3 is 0 Å². The molecule has 0 saturated carbocycles. The molecule has 294 valence electrons. The second-order valence-electron chi connectivity index (χ2n) is 16.5. The predicted molar refractivity (Wildman–Crippen MR) is 269 cm³/mol. The molecule has 0 aliphatic carbocycles. The maximum absolute atomic E-state index is 5.55. The molecule has 2 heterocycles. The van der Waals surface area contributed by atoms with E-state index < -0.39 is 8.07 Å². The van der Waals surface area contributed by atoms with Crippen LogP contribution in [0.15, 0.2) is 249 Å². The lowest BCUT2D eigenvalue weighted by molar-refractivity contribution is 1.33. The average molecular weight is 816 g/mol. The van der Waals surface area contributed by atoms with Gasteiger partial charge in [0.25, 0.3) is 0 Å². The van der Waals surface area contributed by atoms with E-state index in [1.807, 2.05) is 0 Å². The van der Waals surface area contributed by atoms with Crippen LogP contribution in [0.1, 0.15) is 0 Å². The van der Waals surface area contributed by atoms with Crippen LogP contribution in [0.5, 0.6) is 0 Å². The number of nitrogens with zero attached hydrogens (tertiary/aromatic N) is 1. The van der Waals surface area contributed by atoms with Crippen LogP contribution in [0.25, 0.3) is 88.6 Å².